The van der Waals surface area contributed by atoms with E-state index in [-0.39, 0.29) is 17.6 Å². The highest BCUT2D eigenvalue weighted by atomic mass is 16.5. The lowest BCUT2D eigenvalue weighted by Crippen LogP contribution is -2.37. The number of amides is 2. The second kappa shape index (κ2) is 8.71. The van der Waals surface area contributed by atoms with Gasteiger partial charge in [0.2, 0.25) is 0 Å². The molecule has 0 atom stereocenters. The van der Waals surface area contributed by atoms with Crippen molar-refractivity contribution in [3.8, 4) is 5.75 Å². The number of carboxylic acid groups (broad SMARTS) is 1. The second-order valence-corrected chi connectivity index (χ2v) is 9.48. The summed E-state index contributed by atoms with van der Waals surface area (Å²) >= 11 is 0. The number of carbonyl (C=O) groups excluding carboxylic acids is 2. The van der Waals surface area contributed by atoms with E-state index in [9.17, 15) is 19.5 Å². The van der Waals surface area contributed by atoms with Crippen molar-refractivity contribution in [1.29, 1.82) is 0 Å². The summed E-state index contributed by atoms with van der Waals surface area (Å²) in [5.74, 6) is 0.1000. The van der Waals surface area contributed by atoms with Gasteiger partial charge in [0.05, 0.1) is 6.54 Å². The van der Waals surface area contributed by atoms with E-state index >= 15 is 0 Å². The lowest BCUT2D eigenvalue weighted by Gasteiger charge is -2.26. The Balaban J connectivity index is 1.32. The number of hydrogen-bond acceptors (Lipinski definition) is 6. The Morgan fingerprint density at radius 2 is 1.89 bits per heavy atom. The van der Waals surface area contributed by atoms with Gasteiger partial charge < -0.3 is 25.0 Å². The molecule has 186 valence electrons. The van der Waals surface area contributed by atoms with Crippen molar-refractivity contribution in [3.05, 3.63) is 65.2 Å². The Labute approximate surface area is 208 Å². The molecule has 2 aromatic carbocycles. The van der Waals surface area contributed by atoms with Gasteiger partial charge in [-0.1, -0.05) is 6.07 Å². The lowest BCUT2D eigenvalue weighted by atomic mass is 9.98. The van der Waals surface area contributed by atoms with Crippen LogP contribution in [0.5, 0.6) is 5.75 Å². The molecule has 2 N–H and O–H groups in total. The normalized spacial score (nSPS) is 14.9. The molecule has 3 heterocycles. The number of aromatic nitrogens is 2. The molecule has 2 amide bonds. The number of likely N-dealkylation sites (N-methyl/N-ethyl adjacent to an activating group) is 1. The van der Waals surface area contributed by atoms with Gasteiger partial charge in [0.25, 0.3) is 11.8 Å². The number of anilines is 3. The van der Waals surface area contributed by atoms with E-state index in [1.165, 1.54) is 19.9 Å². The van der Waals surface area contributed by atoms with E-state index < -0.39 is 11.6 Å². The number of benzene rings is 2. The Hall–Kier alpha value is -4.34. The molecule has 0 fully saturated rings. The SMILES string of the molecule is CN1CCc2cc(N3CCn4nc(NC(=O)c5cccc(OC(C)(C)C(=O)O)c5)cc43)ccc2C1=O. The van der Waals surface area contributed by atoms with E-state index in [0.29, 0.717) is 24.5 Å². The minimum absolute atomic E-state index is 0.0419. The molecule has 0 bridgehead atoms. The van der Waals surface area contributed by atoms with E-state index in [2.05, 4.69) is 21.4 Å². The predicted molar refractivity (Wildman–Crippen MR) is 133 cm³/mol. The third-order valence-corrected chi connectivity index (χ3v) is 6.49. The van der Waals surface area contributed by atoms with Gasteiger partial charge in [-0.25, -0.2) is 9.48 Å². The molecule has 36 heavy (non-hydrogen) atoms. The number of carboxylic acids is 1. The maximum absolute atomic E-state index is 12.9. The molecule has 10 nitrogen and oxygen atoms in total. The Bertz CT molecular complexity index is 1380. The zero-order valence-electron chi connectivity index (χ0n) is 20.3. The minimum Gasteiger partial charge on any atom is -0.478 e. The molecule has 0 saturated heterocycles. The second-order valence-electron chi connectivity index (χ2n) is 9.48. The van der Waals surface area contributed by atoms with Crippen LogP contribution in [0.1, 0.15) is 40.1 Å². The Kier molecular flexibility index (Phi) is 5.66. The zero-order chi connectivity index (χ0) is 25.6. The predicted octanol–water partition coefficient (Wildman–Crippen LogP) is 3.16. The minimum atomic E-state index is -1.43. The fourth-order valence-electron chi connectivity index (χ4n) is 4.41. The monoisotopic (exact) mass is 489 g/mol. The van der Waals surface area contributed by atoms with Crippen LogP contribution in [0.2, 0.25) is 0 Å². The zero-order valence-corrected chi connectivity index (χ0v) is 20.3. The molecular weight excluding hydrogens is 462 g/mol. The van der Waals surface area contributed by atoms with Gasteiger partial charge >= 0.3 is 5.97 Å². The van der Waals surface area contributed by atoms with E-state index in [1.807, 2.05) is 29.9 Å². The van der Waals surface area contributed by atoms with Crippen molar-refractivity contribution in [1.82, 2.24) is 14.7 Å². The number of nitrogens with zero attached hydrogens (tertiary/aromatic N) is 4. The van der Waals surface area contributed by atoms with Gasteiger partial charge in [0.1, 0.15) is 11.6 Å². The third-order valence-electron chi connectivity index (χ3n) is 6.49. The van der Waals surface area contributed by atoms with Crippen LogP contribution >= 0.6 is 0 Å². The molecule has 0 unspecified atom stereocenters. The summed E-state index contributed by atoms with van der Waals surface area (Å²) in [5.41, 5.74) is 1.65. The molecule has 1 aromatic heterocycles. The van der Waals surface area contributed by atoms with Crippen molar-refractivity contribution in [2.24, 2.45) is 0 Å². The lowest BCUT2D eigenvalue weighted by molar-refractivity contribution is -0.152. The molecule has 5 rings (SSSR count). The van der Waals surface area contributed by atoms with Gasteiger partial charge in [0.15, 0.2) is 11.4 Å². The molecule has 0 saturated carbocycles. The van der Waals surface area contributed by atoms with Crippen LogP contribution in [-0.4, -0.2) is 63.3 Å². The molecule has 2 aliphatic heterocycles. The molecule has 2 aliphatic rings. The van der Waals surface area contributed by atoms with Crippen LogP contribution in [0.15, 0.2) is 48.5 Å². The van der Waals surface area contributed by atoms with Crippen molar-refractivity contribution in [2.45, 2.75) is 32.4 Å². The topological polar surface area (TPSA) is 117 Å². The van der Waals surface area contributed by atoms with Gasteiger partial charge in [0, 0.05) is 43.0 Å². The maximum atomic E-state index is 12.9. The number of carbonyl (C=O) groups is 3. The van der Waals surface area contributed by atoms with Gasteiger partial charge in [-0.2, -0.15) is 5.10 Å². The molecule has 0 spiro atoms. The first-order valence-electron chi connectivity index (χ1n) is 11.7. The standard InChI is InChI=1S/C26H27N5O5/c1-26(2,25(34)35)36-19-6-4-5-17(14-19)23(32)27-21-15-22-30(11-12-31(22)28-21)18-7-8-20-16(13-18)9-10-29(3)24(20)33/h4-8,13-15H,9-12H2,1-3H3,(H,34,35)(H,27,28,32). The van der Waals surface area contributed by atoms with Crippen molar-refractivity contribution in [2.75, 3.05) is 30.4 Å². The van der Waals surface area contributed by atoms with Crippen LogP contribution < -0.4 is 15.0 Å². The summed E-state index contributed by atoms with van der Waals surface area (Å²) in [6, 6.07) is 14.1. The van der Waals surface area contributed by atoms with Gasteiger partial charge in [-0.05, 0) is 62.2 Å². The smallest absolute Gasteiger partial charge is 0.347 e. The number of rotatable bonds is 6. The van der Waals surface area contributed by atoms with Crippen molar-refractivity contribution in [3.63, 3.8) is 0 Å². The molecular formula is C26H27N5O5. The van der Waals surface area contributed by atoms with Crippen LogP contribution in [0.25, 0.3) is 0 Å². The molecule has 10 heteroatoms. The first-order chi connectivity index (χ1) is 17.1. The third kappa shape index (κ3) is 4.26. The van der Waals surface area contributed by atoms with Crippen LogP contribution in [0.4, 0.5) is 17.3 Å². The van der Waals surface area contributed by atoms with Gasteiger partial charge in [-0.3, -0.25) is 9.59 Å². The average Bonchev–Trinajstić information content (AvgIpc) is 3.41. The molecule has 0 aliphatic carbocycles. The largest absolute Gasteiger partial charge is 0.478 e. The quantitative estimate of drug-likeness (QED) is 0.546. The van der Waals surface area contributed by atoms with E-state index in [4.69, 9.17) is 4.74 Å². The van der Waals surface area contributed by atoms with Crippen molar-refractivity contribution < 1.29 is 24.2 Å². The number of fused-ring (bicyclic) bond motifs is 2. The Morgan fingerprint density at radius 3 is 2.67 bits per heavy atom. The van der Waals surface area contributed by atoms with Gasteiger partial charge in [-0.15, -0.1) is 0 Å². The number of aliphatic carboxylic acids is 1. The summed E-state index contributed by atoms with van der Waals surface area (Å²) in [6.45, 7) is 4.99. The Morgan fingerprint density at radius 1 is 1.08 bits per heavy atom. The highest BCUT2D eigenvalue weighted by molar-refractivity contribution is 6.04. The van der Waals surface area contributed by atoms with E-state index in [0.717, 1.165) is 35.6 Å². The summed E-state index contributed by atoms with van der Waals surface area (Å²) in [7, 11) is 1.81. The van der Waals surface area contributed by atoms with Crippen LogP contribution in [0, 0.1) is 0 Å². The summed E-state index contributed by atoms with van der Waals surface area (Å²) in [5, 5.41) is 16.6. The molecule has 0 radical (unpaired) electrons. The first-order valence-corrected chi connectivity index (χ1v) is 11.7. The molecule has 3 aromatic rings. The number of ether oxygens (including phenoxy) is 1. The van der Waals surface area contributed by atoms with Crippen LogP contribution in [-0.2, 0) is 17.8 Å². The maximum Gasteiger partial charge on any atom is 0.347 e. The highest BCUT2D eigenvalue weighted by Crippen LogP contribution is 2.34. The summed E-state index contributed by atoms with van der Waals surface area (Å²) in [6.07, 6.45) is 0.812. The van der Waals surface area contributed by atoms with E-state index in [1.54, 1.807) is 23.1 Å². The summed E-state index contributed by atoms with van der Waals surface area (Å²) < 4.78 is 7.38. The fourth-order valence-corrected chi connectivity index (χ4v) is 4.41. The first kappa shape index (κ1) is 23.4. The number of nitrogens with one attached hydrogen (secondary N) is 1. The average molecular weight is 490 g/mol. The van der Waals surface area contributed by atoms with Crippen molar-refractivity contribution >= 4 is 35.1 Å². The summed E-state index contributed by atoms with van der Waals surface area (Å²) in [4.78, 5) is 40.5. The number of hydrogen-bond donors (Lipinski definition) is 2. The highest BCUT2D eigenvalue weighted by Gasteiger charge is 2.30. The fraction of sp³-hybridized carbons (Fsp3) is 0.308. The van der Waals surface area contributed by atoms with Crippen LogP contribution in [0.3, 0.4) is 0 Å².